The van der Waals surface area contributed by atoms with E-state index in [9.17, 15) is 18.0 Å². The third kappa shape index (κ3) is 4.84. The molecule has 0 saturated heterocycles. The first-order chi connectivity index (χ1) is 9.79. The van der Waals surface area contributed by atoms with Crippen molar-refractivity contribution in [3.63, 3.8) is 0 Å². The lowest BCUT2D eigenvalue weighted by Gasteiger charge is -2.19. The van der Waals surface area contributed by atoms with Crippen molar-refractivity contribution in [3.05, 3.63) is 23.8 Å². The van der Waals surface area contributed by atoms with Gasteiger partial charge in [-0.2, -0.15) is 13.2 Å². The summed E-state index contributed by atoms with van der Waals surface area (Å²) in [5.74, 6) is -0.520. The molecular formula is C14H18F3NO3. The highest BCUT2D eigenvalue weighted by molar-refractivity contribution is 5.75. The van der Waals surface area contributed by atoms with Crippen molar-refractivity contribution < 1.29 is 27.4 Å². The van der Waals surface area contributed by atoms with Gasteiger partial charge in [0.2, 0.25) is 0 Å². The number of halogens is 3. The lowest BCUT2D eigenvalue weighted by molar-refractivity contribution is -0.151. The van der Waals surface area contributed by atoms with E-state index in [1.54, 1.807) is 6.92 Å². The van der Waals surface area contributed by atoms with Crippen molar-refractivity contribution in [1.82, 2.24) is 0 Å². The van der Waals surface area contributed by atoms with Gasteiger partial charge in [-0.15, -0.1) is 0 Å². The molecule has 0 fully saturated rings. The second kappa shape index (κ2) is 7.19. The number of benzene rings is 1. The number of nitrogen functional groups attached to an aromatic ring is 1. The average molecular weight is 305 g/mol. The first kappa shape index (κ1) is 17.1. The first-order valence-electron chi connectivity index (χ1n) is 6.59. The Hall–Kier alpha value is -1.92. The Balaban J connectivity index is 2.92. The molecule has 0 aliphatic carbocycles. The number of carbonyl (C=O) groups excluding carboxylic acids is 1. The maximum absolute atomic E-state index is 12.5. The van der Waals surface area contributed by atoms with Crippen molar-refractivity contribution in [1.29, 1.82) is 0 Å². The quantitative estimate of drug-likeness (QED) is 0.646. The molecule has 118 valence electrons. The summed E-state index contributed by atoms with van der Waals surface area (Å²) >= 11 is 0. The summed E-state index contributed by atoms with van der Waals surface area (Å²) in [6.07, 6.45) is -4.31. The summed E-state index contributed by atoms with van der Waals surface area (Å²) in [7, 11) is 0. The molecule has 1 aromatic carbocycles. The molecule has 7 heteroatoms. The predicted octanol–water partition coefficient (Wildman–Crippen LogP) is 3.40. The van der Waals surface area contributed by atoms with Crippen LogP contribution in [0.5, 0.6) is 5.75 Å². The van der Waals surface area contributed by atoms with Gasteiger partial charge in [0.1, 0.15) is 5.75 Å². The Bertz CT molecular complexity index is 489. The Morgan fingerprint density at radius 2 is 2.00 bits per heavy atom. The number of rotatable bonds is 6. The van der Waals surface area contributed by atoms with Crippen LogP contribution >= 0.6 is 0 Å². The van der Waals surface area contributed by atoms with Gasteiger partial charge in [-0.1, -0.05) is 13.3 Å². The zero-order valence-corrected chi connectivity index (χ0v) is 11.9. The van der Waals surface area contributed by atoms with Crippen molar-refractivity contribution in [2.75, 3.05) is 12.3 Å². The number of anilines is 1. The van der Waals surface area contributed by atoms with Crippen molar-refractivity contribution in [3.8, 4) is 5.75 Å². The topological polar surface area (TPSA) is 61.5 Å². The summed E-state index contributed by atoms with van der Waals surface area (Å²) in [5.41, 5.74) is 4.52. The normalized spacial score (nSPS) is 12.8. The minimum Gasteiger partial charge on any atom is -0.477 e. The van der Waals surface area contributed by atoms with Gasteiger partial charge in [-0.25, -0.2) is 4.79 Å². The molecule has 4 nitrogen and oxygen atoms in total. The fourth-order valence-corrected chi connectivity index (χ4v) is 1.71. The molecule has 0 bridgehead atoms. The summed E-state index contributed by atoms with van der Waals surface area (Å²) < 4.78 is 47.9. The van der Waals surface area contributed by atoms with Gasteiger partial charge < -0.3 is 15.2 Å². The van der Waals surface area contributed by atoms with Gasteiger partial charge >= 0.3 is 12.1 Å². The molecular weight excluding hydrogens is 287 g/mol. The van der Waals surface area contributed by atoms with E-state index in [0.717, 1.165) is 18.2 Å². The van der Waals surface area contributed by atoms with Crippen molar-refractivity contribution in [2.45, 2.75) is 39.0 Å². The van der Waals surface area contributed by atoms with Crippen LogP contribution in [-0.4, -0.2) is 18.7 Å². The lowest BCUT2D eigenvalue weighted by Crippen LogP contribution is -2.29. The Kier molecular flexibility index (Phi) is 5.87. The second-order valence-corrected chi connectivity index (χ2v) is 4.40. The van der Waals surface area contributed by atoms with E-state index in [4.69, 9.17) is 15.2 Å². The maximum Gasteiger partial charge on any atom is 0.416 e. The predicted molar refractivity (Wildman–Crippen MR) is 71.8 cm³/mol. The van der Waals surface area contributed by atoms with Crippen LogP contribution in [0.15, 0.2) is 18.2 Å². The summed E-state index contributed by atoms with van der Waals surface area (Å²) in [4.78, 5) is 11.7. The number of ether oxygens (including phenoxy) is 2. The SMILES string of the molecule is CCCC(Oc1ccc(C(F)(F)F)cc1N)C(=O)OCC. The highest BCUT2D eigenvalue weighted by Gasteiger charge is 2.31. The Labute approximate surface area is 121 Å². The van der Waals surface area contributed by atoms with Crippen LogP contribution in [0.1, 0.15) is 32.3 Å². The minimum absolute atomic E-state index is 0.0366. The number of hydrogen-bond donors (Lipinski definition) is 1. The molecule has 0 spiro atoms. The van der Waals surface area contributed by atoms with Gasteiger partial charge in [0.15, 0.2) is 6.10 Å². The third-order valence-electron chi connectivity index (χ3n) is 2.71. The van der Waals surface area contributed by atoms with E-state index in [1.165, 1.54) is 0 Å². The molecule has 0 heterocycles. The number of esters is 1. The van der Waals surface area contributed by atoms with Crippen molar-refractivity contribution in [2.24, 2.45) is 0 Å². The molecule has 0 amide bonds. The third-order valence-corrected chi connectivity index (χ3v) is 2.71. The minimum atomic E-state index is -4.48. The number of alkyl halides is 3. The van der Waals surface area contributed by atoms with Gasteiger partial charge in [-0.3, -0.25) is 0 Å². The second-order valence-electron chi connectivity index (χ2n) is 4.40. The van der Waals surface area contributed by atoms with Crippen LogP contribution in [0.3, 0.4) is 0 Å². The molecule has 1 rings (SSSR count). The van der Waals surface area contributed by atoms with Crippen LogP contribution in [-0.2, 0) is 15.7 Å². The molecule has 0 aromatic heterocycles. The van der Waals surface area contributed by atoms with Crippen LogP contribution in [0.25, 0.3) is 0 Å². The van der Waals surface area contributed by atoms with Crippen LogP contribution in [0, 0.1) is 0 Å². The van der Waals surface area contributed by atoms with Gasteiger partial charge in [0.25, 0.3) is 0 Å². The summed E-state index contributed by atoms with van der Waals surface area (Å²) in [6.45, 7) is 3.71. The first-order valence-corrected chi connectivity index (χ1v) is 6.59. The maximum atomic E-state index is 12.5. The van der Waals surface area contributed by atoms with Crippen LogP contribution in [0.4, 0.5) is 18.9 Å². The number of nitrogens with two attached hydrogens (primary N) is 1. The molecule has 2 N–H and O–H groups in total. The average Bonchev–Trinajstić information content (AvgIpc) is 2.39. The highest BCUT2D eigenvalue weighted by atomic mass is 19.4. The van der Waals surface area contributed by atoms with Gasteiger partial charge in [-0.05, 0) is 31.5 Å². The van der Waals surface area contributed by atoms with Crippen molar-refractivity contribution >= 4 is 11.7 Å². The molecule has 0 aliphatic heterocycles. The largest absolute Gasteiger partial charge is 0.477 e. The molecule has 1 unspecified atom stereocenters. The molecule has 0 saturated carbocycles. The Morgan fingerprint density at radius 3 is 2.48 bits per heavy atom. The van der Waals surface area contributed by atoms with E-state index in [2.05, 4.69) is 0 Å². The molecule has 0 aliphatic rings. The van der Waals surface area contributed by atoms with E-state index in [-0.39, 0.29) is 18.0 Å². The zero-order chi connectivity index (χ0) is 16.0. The van der Waals surface area contributed by atoms with E-state index >= 15 is 0 Å². The molecule has 21 heavy (non-hydrogen) atoms. The fourth-order valence-electron chi connectivity index (χ4n) is 1.71. The standard InChI is InChI=1S/C14H18F3NO3/c1-3-5-12(13(19)20-4-2)21-11-7-6-9(8-10(11)18)14(15,16)17/h6-8,12H,3-5,18H2,1-2H3. The number of carbonyl (C=O) groups is 1. The summed E-state index contributed by atoms with van der Waals surface area (Å²) in [6, 6.07) is 2.75. The van der Waals surface area contributed by atoms with Crippen LogP contribution in [0.2, 0.25) is 0 Å². The highest BCUT2D eigenvalue weighted by Crippen LogP contribution is 2.34. The van der Waals surface area contributed by atoms with Gasteiger partial charge in [0.05, 0.1) is 17.9 Å². The lowest BCUT2D eigenvalue weighted by atomic mass is 10.1. The van der Waals surface area contributed by atoms with Crippen LogP contribution < -0.4 is 10.5 Å². The van der Waals surface area contributed by atoms with E-state index in [0.29, 0.717) is 12.8 Å². The smallest absolute Gasteiger partial charge is 0.416 e. The zero-order valence-electron chi connectivity index (χ0n) is 11.9. The van der Waals surface area contributed by atoms with E-state index in [1.807, 2.05) is 6.92 Å². The van der Waals surface area contributed by atoms with Gasteiger partial charge in [0, 0.05) is 0 Å². The Morgan fingerprint density at radius 1 is 1.33 bits per heavy atom. The van der Waals surface area contributed by atoms with E-state index < -0.39 is 23.8 Å². The molecule has 1 atom stereocenters. The molecule has 1 aromatic rings. The monoisotopic (exact) mass is 305 g/mol. The molecule has 0 radical (unpaired) electrons. The summed E-state index contributed by atoms with van der Waals surface area (Å²) in [5, 5.41) is 0. The number of hydrogen-bond acceptors (Lipinski definition) is 4. The fraction of sp³-hybridized carbons (Fsp3) is 0.500.